The van der Waals surface area contributed by atoms with E-state index >= 15 is 0 Å². The fourth-order valence-electron chi connectivity index (χ4n) is 9.09. The van der Waals surface area contributed by atoms with Gasteiger partial charge < -0.3 is 14.2 Å². The second-order valence-corrected chi connectivity index (χ2v) is 22.0. The third kappa shape index (κ3) is 66.2. The van der Waals surface area contributed by atoms with Crippen LogP contribution < -0.4 is 0 Å². The van der Waals surface area contributed by atoms with Crippen molar-refractivity contribution >= 4 is 17.9 Å². The molecule has 0 aromatic carbocycles. The maximum Gasteiger partial charge on any atom is 0.306 e. The number of rotatable bonds is 60. The highest BCUT2D eigenvalue weighted by molar-refractivity contribution is 5.71. The van der Waals surface area contributed by atoms with E-state index in [-0.39, 0.29) is 31.6 Å². The molecule has 0 aliphatic carbocycles. The van der Waals surface area contributed by atoms with Gasteiger partial charge in [0.15, 0.2) is 6.10 Å². The minimum absolute atomic E-state index is 0.115. The van der Waals surface area contributed by atoms with E-state index < -0.39 is 12.1 Å². The number of unbranched alkanes of at least 4 members (excludes halogenated alkanes) is 27. The van der Waals surface area contributed by atoms with E-state index in [1.165, 1.54) is 161 Å². The molecule has 0 fully saturated rings. The first kappa shape index (κ1) is 76.5. The lowest BCUT2D eigenvalue weighted by molar-refractivity contribution is -0.166. The second-order valence-electron chi connectivity index (χ2n) is 22.0. The number of carbonyl (C=O) groups is 3. The van der Waals surface area contributed by atoms with Crippen LogP contribution in [0.2, 0.25) is 0 Å². The predicted molar refractivity (Wildman–Crippen MR) is 353 cm³/mol. The van der Waals surface area contributed by atoms with Crippen LogP contribution in [-0.2, 0) is 28.6 Å². The summed E-state index contributed by atoms with van der Waals surface area (Å²) >= 11 is 0. The number of hydrogen-bond donors (Lipinski definition) is 0. The Bertz CT molecular complexity index is 1720. The van der Waals surface area contributed by atoms with Gasteiger partial charge in [0.2, 0.25) is 0 Å². The molecule has 0 saturated heterocycles. The van der Waals surface area contributed by atoms with Crippen molar-refractivity contribution in [1.82, 2.24) is 0 Å². The molecule has 0 radical (unpaired) electrons. The summed E-state index contributed by atoms with van der Waals surface area (Å²) in [4.78, 5) is 38.4. The molecule has 6 nitrogen and oxygen atoms in total. The van der Waals surface area contributed by atoms with Gasteiger partial charge in [-0.2, -0.15) is 0 Å². The molecule has 0 aromatic rings. The van der Waals surface area contributed by atoms with Gasteiger partial charge in [0, 0.05) is 19.3 Å². The van der Waals surface area contributed by atoms with Crippen LogP contribution in [0.15, 0.2) is 134 Å². The van der Waals surface area contributed by atoms with Crippen molar-refractivity contribution in [3.8, 4) is 0 Å². The minimum atomic E-state index is -0.829. The zero-order valence-corrected chi connectivity index (χ0v) is 52.8. The molecule has 0 amide bonds. The highest BCUT2D eigenvalue weighted by Gasteiger charge is 2.19. The standard InChI is InChI=1S/C75H124O6/c1-4-7-10-13-16-19-22-25-28-31-34-35-36-37-38-39-42-44-47-50-53-56-59-62-65-68-74(77)80-71-72(81-75(78)69-66-63-60-57-54-51-48-45-41-33-30-27-24-21-18-15-12-9-6-3)70-79-73(76)67-64-61-58-55-52-49-46-43-40-32-29-26-23-20-17-14-11-8-5-2/h9,12,17-18,20-22,25-27,29-31,34,36-37,41,45,51,54,60,63,72H,4-8,10-11,13-16,19,23-24,28,32-33,35,38-40,42-44,46-50,52-53,55-59,61-62,64-71H2,1-3H3/b12-9-,20-17-,21-18-,25-22-,29-26-,30-27-,34-31-,37-36-,45-41-,54-51-,63-60-. The van der Waals surface area contributed by atoms with E-state index in [1.807, 2.05) is 6.08 Å². The first-order valence-corrected chi connectivity index (χ1v) is 33.7. The Morgan fingerprint density at radius 3 is 0.827 bits per heavy atom. The van der Waals surface area contributed by atoms with Gasteiger partial charge in [0.05, 0.1) is 0 Å². The summed E-state index contributed by atoms with van der Waals surface area (Å²) in [5.74, 6) is -1.00. The largest absolute Gasteiger partial charge is 0.462 e. The molecular weight excluding hydrogens is 997 g/mol. The molecule has 0 aliphatic heterocycles. The number of hydrogen-bond acceptors (Lipinski definition) is 6. The molecule has 0 N–H and O–H groups in total. The summed E-state index contributed by atoms with van der Waals surface area (Å²) in [6, 6.07) is 0. The van der Waals surface area contributed by atoms with Gasteiger partial charge in [-0.15, -0.1) is 0 Å². The van der Waals surface area contributed by atoms with E-state index in [2.05, 4.69) is 148 Å². The third-order valence-corrected chi connectivity index (χ3v) is 14.1. The molecule has 1 atom stereocenters. The van der Waals surface area contributed by atoms with Crippen LogP contribution >= 0.6 is 0 Å². The third-order valence-electron chi connectivity index (χ3n) is 14.1. The van der Waals surface area contributed by atoms with Crippen molar-refractivity contribution in [3.63, 3.8) is 0 Å². The molecular formula is C75H124O6. The zero-order valence-electron chi connectivity index (χ0n) is 52.8. The Morgan fingerprint density at radius 2 is 0.506 bits per heavy atom. The predicted octanol–water partition coefficient (Wildman–Crippen LogP) is 23.3. The molecule has 81 heavy (non-hydrogen) atoms. The van der Waals surface area contributed by atoms with E-state index in [4.69, 9.17) is 14.2 Å². The van der Waals surface area contributed by atoms with Gasteiger partial charge in [-0.25, -0.2) is 0 Å². The molecule has 1 unspecified atom stereocenters. The molecule has 6 heteroatoms. The van der Waals surface area contributed by atoms with Gasteiger partial charge >= 0.3 is 17.9 Å². The van der Waals surface area contributed by atoms with Gasteiger partial charge in [-0.05, 0) is 128 Å². The first-order chi connectivity index (χ1) is 40.0. The average molecular weight is 1120 g/mol. The Balaban J connectivity index is 4.48. The van der Waals surface area contributed by atoms with Gasteiger partial charge in [0.1, 0.15) is 13.2 Å². The lowest BCUT2D eigenvalue weighted by Crippen LogP contribution is -2.30. The smallest absolute Gasteiger partial charge is 0.306 e. The normalized spacial score (nSPS) is 13.0. The molecule has 0 aromatic heterocycles. The number of esters is 3. The monoisotopic (exact) mass is 1120 g/mol. The summed E-state index contributed by atoms with van der Waals surface area (Å²) in [7, 11) is 0. The Morgan fingerprint density at radius 1 is 0.259 bits per heavy atom. The SMILES string of the molecule is CC/C=C\C/C=C\C/C=C\C/C=C\C/C=C\C/C=C\CCC(=O)OC(COC(=O)CCCCCCCCCCC/C=C\C/C=C\CCCCC)COC(=O)CCCCCCCCCCCC/C=C\C/C=C\C/C=C\CCCCCCC. The molecule has 0 saturated carbocycles. The van der Waals surface area contributed by atoms with E-state index in [0.717, 1.165) is 96.3 Å². The number of ether oxygens (including phenoxy) is 3. The van der Waals surface area contributed by atoms with E-state index in [1.54, 1.807) is 0 Å². The maximum absolute atomic E-state index is 12.9. The zero-order chi connectivity index (χ0) is 58.5. The van der Waals surface area contributed by atoms with Gasteiger partial charge in [0.25, 0.3) is 0 Å². The summed E-state index contributed by atoms with van der Waals surface area (Å²) in [6.07, 6.45) is 96.1. The van der Waals surface area contributed by atoms with Crippen molar-refractivity contribution in [3.05, 3.63) is 134 Å². The fourth-order valence-corrected chi connectivity index (χ4v) is 9.09. The number of allylic oxidation sites excluding steroid dienone is 22. The summed E-state index contributed by atoms with van der Waals surface area (Å²) in [6.45, 7) is 6.44. The topological polar surface area (TPSA) is 78.9 Å². The summed E-state index contributed by atoms with van der Waals surface area (Å²) in [5, 5.41) is 0. The van der Waals surface area contributed by atoms with Crippen LogP contribution in [0.5, 0.6) is 0 Å². The van der Waals surface area contributed by atoms with Crippen molar-refractivity contribution in [1.29, 1.82) is 0 Å². The lowest BCUT2D eigenvalue weighted by Gasteiger charge is -2.18. The molecule has 0 aliphatic rings. The summed E-state index contributed by atoms with van der Waals surface area (Å²) in [5.41, 5.74) is 0. The Kier molecular flexibility index (Phi) is 64.3. The fraction of sp³-hybridized carbons (Fsp3) is 0.667. The lowest BCUT2D eigenvalue weighted by atomic mass is 10.1. The van der Waals surface area contributed by atoms with E-state index in [0.29, 0.717) is 19.3 Å². The van der Waals surface area contributed by atoms with Crippen molar-refractivity contribution in [2.24, 2.45) is 0 Å². The Labute approximate surface area is 500 Å². The molecule has 0 spiro atoms. The minimum Gasteiger partial charge on any atom is -0.462 e. The molecule has 0 heterocycles. The van der Waals surface area contributed by atoms with Crippen LogP contribution in [0.1, 0.15) is 303 Å². The van der Waals surface area contributed by atoms with Crippen LogP contribution in [0.3, 0.4) is 0 Å². The molecule has 0 rings (SSSR count). The quantitative estimate of drug-likeness (QED) is 0.0261. The van der Waals surface area contributed by atoms with Crippen LogP contribution in [-0.4, -0.2) is 37.2 Å². The Hall–Kier alpha value is -4.45. The number of carbonyl (C=O) groups excluding carboxylic acids is 3. The van der Waals surface area contributed by atoms with Crippen LogP contribution in [0, 0.1) is 0 Å². The highest BCUT2D eigenvalue weighted by Crippen LogP contribution is 2.15. The molecule has 0 bridgehead atoms. The maximum atomic E-state index is 12.9. The van der Waals surface area contributed by atoms with E-state index in [9.17, 15) is 14.4 Å². The van der Waals surface area contributed by atoms with Gasteiger partial charge in [-0.3, -0.25) is 14.4 Å². The molecule has 460 valence electrons. The van der Waals surface area contributed by atoms with Gasteiger partial charge in [-0.1, -0.05) is 289 Å². The average Bonchev–Trinajstić information content (AvgIpc) is 3.47. The van der Waals surface area contributed by atoms with Crippen molar-refractivity contribution in [2.75, 3.05) is 13.2 Å². The van der Waals surface area contributed by atoms with Crippen LogP contribution in [0.4, 0.5) is 0 Å². The van der Waals surface area contributed by atoms with Crippen LogP contribution in [0.25, 0.3) is 0 Å². The first-order valence-electron chi connectivity index (χ1n) is 33.7. The second kappa shape index (κ2) is 68.1. The van der Waals surface area contributed by atoms with Crippen molar-refractivity contribution in [2.45, 2.75) is 309 Å². The highest BCUT2D eigenvalue weighted by atomic mass is 16.6. The summed E-state index contributed by atoms with van der Waals surface area (Å²) < 4.78 is 16.9. The van der Waals surface area contributed by atoms with Crippen molar-refractivity contribution < 1.29 is 28.6 Å².